The van der Waals surface area contributed by atoms with Gasteiger partial charge in [0.05, 0.1) is 23.5 Å². The Hall–Kier alpha value is -3.02. The first-order valence-corrected chi connectivity index (χ1v) is 8.30. The third-order valence-corrected chi connectivity index (χ3v) is 3.48. The van der Waals surface area contributed by atoms with E-state index in [2.05, 4.69) is 16.0 Å². The van der Waals surface area contributed by atoms with Crippen LogP contribution in [0.15, 0.2) is 42.5 Å². The number of carbonyl (C=O) groups is 2. The largest absolute Gasteiger partial charge is 0.494 e. The van der Waals surface area contributed by atoms with E-state index in [-0.39, 0.29) is 5.91 Å². The molecule has 0 aromatic heterocycles. The number of amides is 2. The second-order valence-corrected chi connectivity index (χ2v) is 5.33. The maximum absolute atomic E-state index is 12.7. The van der Waals surface area contributed by atoms with E-state index in [1.54, 1.807) is 30.3 Å². The van der Waals surface area contributed by atoms with E-state index in [0.717, 1.165) is 6.42 Å². The van der Waals surface area contributed by atoms with Crippen molar-refractivity contribution in [2.75, 3.05) is 29.1 Å². The highest BCUT2D eigenvalue weighted by Crippen LogP contribution is 2.27. The van der Waals surface area contributed by atoms with Crippen molar-refractivity contribution < 1.29 is 14.3 Å². The van der Waals surface area contributed by atoms with Gasteiger partial charge in [0.1, 0.15) is 5.75 Å². The first-order chi connectivity index (χ1) is 12.2. The van der Waals surface area contributed by atoms with Crippen molar-refractivity contribution in [3.8, 4) is 5.75 Å². The molecule has 0 aliphatic heterocycles. The van der Waals surface area contributed by atoms with E-state index in [1.807, 2.05) is 26.0 Å². The van der Waals surface area contributed by atoms with Gasteiger partial charge in [0.2, 0.25) is 6.41 Å². The molecule has 0 saturated carbocycles. The summed E-state index contributed by atoms with van der Waals surface area (Å²) in [4.78, 5) is 23.5. The standard InChI is InChI=1S/C19H23N3O3/c1-3-11-20-18-16(9-6-10-17(18)21-13-23)19(24)22-14-7-5-8-15(12-14)25-4-2/h5-10,12-13,20H,3-4,11H2,1-2H3,(H,21,23)(H,22,24). The van der Waals surface area contributed by atoms with Crippen molar-refractivity contribution in [1.82, 2.24) is 0 Å². The van der Waals surface area contributed by atoms with Crippen molar-refractivity contribution in [2.24, 2.45) is 0 Å². The molecule has 2 rings (SSSR count). The minimum Gasteiger partial charge on any atom is -0.494 e. The molecule has 0 fully saturated rings. The van der Waals surface area contributed by atoms with Crippen LogP contribution in [0.5, 0.6) is 5.75 Å². The summed E-state index contributed by atoms with van der Waals surface area (Å²) in [5.74, 6) is 0.433. The van der Waals surface area contributed by atoms with Crippen LogP contribution in [0.1, 0.15) is 30.6 Å². The lowest BCUT2D eigenvalue weighted by atomic mass is 10.1. The molecule has 0 bridgehead atoms. The Balaban J connectivity index is 2.27. The van der Waals surface area contributed by atoms with E-state index in [4.69, 9.17) is 4.74 Å². The topological polar surface area (TPSA) is 79.5 Å². The molecule has 2 aromatic carbocycles. The van der Waals surface area contributed by atoms with Crippen LogP contribution in [-0.2, 0) is 4.79 Å². The second-order valence-electron chi connectivity index (χ2n) is 5.33. The maximum Gasteiger partial charge on any atom is 0.257 e. The Kier molecular flexibility index (Phi) is 6.83. The summed E-state index contributed by atoms with van der Waals surface area (Å²) in [7, 11) is 0. The summed E-state index contributed by atoms with van der Waals surface area (Å²) in [6.07, 6.45) is 1.49. The molecule has 25 heavy (non-hydrogen) atoms. The Morgan fingerprint density at radius 3 is 2.68 bits per heavy atom. The van der Waals surface area contributed by atoms with E-state index in [0.29, 0.717) is 47.9 Å². The average Bonchev–Trinajstić information content (AvgIpc) is 2.61. The fraction of sp³-hybridized carbons (Fsp3) is 0.263. The van der Waals surface area contributed by atoms with Crippen molar-refractivity contribution in [2.45, 2.75) is 20.3 Å². The summed E-state index contributed by atoms with van der Waals surface area (Å²) >= 11 is 0. The van der Waals surface area contributed by atoms with Crippen molar-refractivity contribution in [3.63, 3.8) is 0 Å². The number of carbonyl (C=O) groups excluding carboxylic acids is 2. The summed E-state index contributed by atoms with van der Waals surface area (Å²) in [5, 5.41) is 8.70. The molecule has 0 radical (unpaired) electrons. The Labute approximate surface area is 147 Å². The summed E-state index contributed by atoms with van der Waals surface area (Å²) < 4.78 is 5.45. The highest BCUT2D eigenvalue weighted by Gasteiger charge is 2.15. The van der Waals surface area contributed by atoms with Crippen molar-refractivity contribution in [1.29, 1.82) is 0 Å². The van der Waals surface area contributed by atoms with Gasteiger partial charge in [-0.3, -0.25) is 9.59 Å². The van der Waals surface area contributed by atoms with Gasteiger partial charge < -0.3 is 20.7 Å². The van der Waals surface area contributed by atoms with Crippen LogP contribution in [-0.4, -0.2) is 25.5 Å². The molecule has 0 atom stereocenters. The van der Waals surface area contributed by atoms with Crippen LogP contribution in [0.4, 0.5) is 17.1 Å². The Morgan fingerprint density at radius 2 is 1.96 bits per heavy atom. The minimum atomic E-state index is -0.262. The minimum absolute atomic E-state index is 0.262. The Morgan fingerprint density at radius 1 is 1.16 bits per heavy atom. The maximum atomic E-state index is 12.7. The van der Waals surface area contributed by atoms with Crippen molar-refractivity contribution >= 4 is 29.4 Å². The predicted octanol–water partition coefficient (Wildman–Crippen LogP) is 3.73. The average molecular weight is 341 g/mol. The van der Waals surface area contributed by atoms with E-state index in [9.17, 15) is 9.59 Å². The lowest BCUT2D eigenvalue weighted by molar-refractivity contribution is -0.105. The van der Waals surface area contributed by atoms with E-state index < -0.39 is 0 Å². The molecule has 0 aliphatic carbocycles. The SMILES string of the molecule is CCCNc1c(NC=O)cccc1C(=O)Nc1cccc(OCC)c1. The normalized spacial score (nSPS) is 10.0. The molecule has 6 nitrogen and oxygen atoms in total. The molecule has 3 N–H and O–H groups in total. The third-order valence-electron chi connectivity index (χ3n) is 3.48. The lowest BCUT2D eigenvalue weighted by Gasteiger charge is -2.16. The van der Waals surface area contributed by atoms with Crippen LogP contribution in [0.2, 0.25) is 0 Å². The number of hydrogen-bond donors (Lipinski definition) is 3. The number of rotatable bonds is 9. The summed E-state index contributed by atoms with van der Waals surface area (Å²) in [5.41, 5.74) is 2.28. The van der Waals surface area contributed by atoms with Gasteiger partial charge in [-0.05, 0) is 37.6 Å². The van der Waals surface area contributed by atoms with Gasteiger partial charge in [0.25, 0.3) is 5.91 Å². The molecular formula is C19H23N3O3. The van der Waals surface area contributed by atoms with Crippen LogP contribution in [0.3, 0.4) is 0 Å². The molecule has 2 aromatic rings. The monoisotopic (exact) mass is 341 g/mol. The molecule has 2 amide bonds. The molecule has 132 valence electrons. The predicted molar refractivity (Wildman–Crippen MR) is 100 cm³/mol. The van der Waals surface area contributed by atoms with Gasteiger partial charge >= 0.3 is 0 Å². The quantitative estimate of drug-likeness (QED) is 0.607. The first-order valence-electron chi connectivity index (χ1n) is 8.30. The first kappa shape index (κ1) is 18.3. The lowest BCUT2D eigenvalue weighted by Crippen LogP contribution is -2.16. The molecular weight excluding hydrogens is 318 g/mol. The fourth-order valence-corrected chi connectivity index (χ4v) is 2.39. The van der Waals surface area contributed by atoms with E-state index in [1.165, 1.54) is 0 Å². The molecule has 0 spiro atoms. The molecule has 0 heterocycles. The van der Waals surface area contributed by atoms with E-state index >= 15 is 0 Å². The van der Waals surface area contributed by atoms with Gasteiger partial charge in [0, 0.05) is 18.3 Å². The van der Waals surface area contributed by atoms with Crippen LogP contribution in [0, 0.1) is 0 Å². The van der Waals surface area contributed by atoms with Gasteiger partial charge in [-0.1, -0.05) is 19.1 Å². The Bertz CT molecular complexity index is 732. The summed E-state index contributed by atoms with van der Waals surface area (Å²) in [6, 6.07) is 12.4. The molecule has 0 unspecified atom stereocenters. The van der Waals surface area contributed by atoms with Crippen molar-refractivity contribution in [3.05, 3.63) is 48.0 Å². The van der Waals surface area contributed by atoms with Crippen LogP contribution in [0.25, 0.3) is 0 Å². The number of benzene rings is 2. The highest BCUT2D eigenvalue weighted by molar-refractivity contribution is 6.10. The van der Waals surface area contributed by atoms with Crippen LogP contribution < -0.4 is 20.7 Å². The molecule has 0 aliphatic rings. The number of ether oxygens (including phenoxy) is 1. The second kappa shape index (κ2) is 9.32. The van der Waals surface area contributed by atoms with Gasteiger partial charge in [-0.2, -0.15) is 0 Å². The number of para-hydroxylation sites is 1. The molecule has 0 saturated heterocycles. The highest BCUT2D eigenvalue weighted by atomic mass is 16.5. The zero-order valence-corrected chi connectivity index (χ0v) is 14.5. The smallest absolute Gasteiger partial charge is 0.257 e. The van der Waals surface area contributed by atoms with Gasteiger partial charge in [-0.15, -0.1) is 0 Å². The van der Waals surface area contributed by atoms with Gasteiger partial charge in [-0.25, -0.2) is 0 Å². The fourth-order valence-electron chi connectivity index (χ4n) is 2.39. The summed E-state index contributed by atoms with van der Waals surface area (Å²) in [6.45, 7) is 5.18. The zero-order chi connectivity index (χ0) is 18.1. The number of hydrogen-bond acceptors (Lipinski definition) is 4. The third kappa shape index (κ3) is 4.97. The van der Waals surface area contributed by atoms with Crippen LogP contribution >= 0.6 is 0 Å². The van der Waals surface area contributed by atoms with Gasteiger partial charge in [0.15, 0.2) is 0 Å². The zero-order valence-electron chi connectivity index (χ0n) is 14.5. The number of anilines is 3. The molecule has 6 heteroatoms. The number of nitrogens with one attached hydrogen (secondary N) is 3.